The lowest BCUT2D eigenvalue weighted by Gasteiger charge is -2.35. The number of hydrogen-bond acceptors (Lipinski definition) is 6. The third-order valence-electron chi connectivity index (χ3n) is 3.41. The first-order valence-electron chi connectivity index (χ1n) is 7.57. The second-order valence-electron chi connectivity index (χ2n) is 6.51. The van der Waals surface area contributed by atoms with Gasteiger partial charge in [0.25, 0.3) is 0 Å². The van der Waals surface area contributed by atoms with Crippen molar-refractivity contribution in [2.75, 3.05) is 26.2 Å². The lowest BCUT2D eigenvalue weighted by molar-refractivity contribution is -0.389. The molecule has 1 aliphatic heterocycles. The number of nitrogens with zero attached hydrogens (tertiary/aromatic N) is 5. The largest absolute Gasteiger partial charge is 0.444 e. The van der Waals surface area contributed by atoms with Crippen molar-refractivity contribution in [3.05, 3.63) is 22.6 Å². The van der Waals surface area contributed by atoms with Crippen LogP contribution in [0.2, 0.25) is 0 Å². The smallest absolute Gasteiger partial charge is 0.410 e. The van der Waals surface area contributed by atoms with Crippen molar-refractivity contribution >= 4 is 17.8 Å². The predicted molar refractivity (Wildman–Crippen MR) is 83.3 cm³/mol. The minimum atomic E-state index is -0.611. The summed E-state index contributed by atoms with van der Waals surface area (Å²) in [7, 11) is 0. The Hall–Kier alpha value is -2.65. The first kappa shape index (κ1) is 17.7. The molecule has 24 heavy (non-hydrogen) atoms. The fourth-order valence-electron chi connectivity index (χ4n) is 2.25. The van der Waals surface area contributed by atoms with Gasteiger partial charge in [0.15, 0.2) is 0 Å². The van der Waals surface area contributed by atoms with Gasteiger partial charge in [-0.3, -0.25) is 4.79 Å². The normalized spacial score (nSPS) is 15.3. The molecule has 0 atom stereocenters. The van der Waals surface area contributed by atoms with Gasteiger partial charge in [-0.05, 0) is 30.7 Å². The van der Waals surface area contributed by atoms with Crippen LogP contribution < -0.4 is 0 Å². The highest BCUT2D eigenvalue weighted by Crippen LogP contribution is 2.12. The van der Waals surface area contributed by atoms with Gasteiger partial charge in [0, 0.05) is 26.2 Å². The zero-order valence-corrected chi connectivity index (χ0v) is 14.0. The van der Waals surface area contributed by atoms with Crippen LogP contribution in [0.5, 0.6) is 0 Å². The van der Waals surface area contributed by atoms with Gasteiger partial charge in [-0.2, -0.15) is 0 Å². The molecule has 0 aromatic carbocycles. The average molecular weight is 339 g/mol. The highest BCUT2D eigenvalue weighted by atomic mass is 16.6. The zero-order valence-electron chi connectivity index (χ0n) is 14.0. The van der Waals surface area contributed by atoms with Crippen LogP contribution in [-0.2, 0) is 16.1 Å². The van der Waals surface area contributed by atoms with Crippen LogP contribution in [0.1, 0.15) is 20.8 Å². The second kappa shape index (κ2) is 6.85. The summed E-state index contributed by atoms with van der Waals surface area (Å²) in [5, 5.41) is 10.6. The maximum Gasteiger partial charge on any atom is 0.410 e. The maximum absolute atomic E-state index is 12.2. The number of carbonyl (C=O) groups is 2. The molecule has 0 radical (unpaired) electrons. The number of nitro groups is 1. The molecule has 0 N–H and O–H groups in total. The van der Waals surface area contributed by atoms with Crippen LogP contribution in [0.15, 0.2) is 12.5 Å². The molecule has 132 valence electrons. The minimum Gasteiger partial charge on any atom is -0.444 e. The number of piperazine rings is 1. The third-order valence-corrected chi connectivity index (χ3v) is 3.41. The second-order valence-corrected chi connectivity index (χ2v) is 6.51. The van der Waals surface area contributed by atoms with Crippen LogP contribution in [0, 0.1) is 10.1 Å². The van der Waals surface area contributed by atoms with E-state index < -0.39 is 10.5 Å². The summed E-state index contributed by atoms with van der Waals surface area (Å²) in [5.41, 5.74) is -0.555. The molecule has 2 rings (SSSR count). The molecule has 2 heterocycles. The van der Waals surface area contributed by atoms with Gasteiger partial charge in [-0.25, -0.2) is 4.79 Å². The van der Waals surface area contributed by atoms with Crippen molar-refractivity contribution < 1.29 is 19.2 Å². The molecule has 2 amide bonds. The summed E-state index contributed by atoms with van der Waals surface area (Å²) in [6.45, 7) is 6.96. The molecule has 10 heteroatoms. The highest BCUT2D eigenvalue weighted by Gasteiger charge is 2.27. The molecule has 0 spiro atoms. The van der Waals surface area contributed by atoms with Crippen LogP contribution in [0.3, 0.4) is 0 Å². The molecule has 1 aromatic heterocycles. The molecular weight excluding hydrogens is 318 g/mol. The third kappa shape index (κ3) is 4.67. The summed E-state index contributed by atoms with van der Waals surface area (Å²) in [6, 6.07) is 0. The number of carbonyl (C=O) groups excluding carboxylic acids is 2. The van der Waals surface area contributed by atoms with Crippen molar-refractivity contribution in [2.24, 2.45) is 0 Å². The molecule has 0 saturated carbocycles. The van der Waals surface area contributed by atoms with E-state index in [1.807, 2.05) is 0 Å². The molecule has 0 unspecified atom stereocenters. The number of ether oxygens (including phenoxy) is 1. The lowest BCUT2D eigenvalue weighted by Crippen LogP contribution is -2.52. The molecule has 0 bridgehead atoms. The van der Waals surface area contributed by atoms with Gasteiger partial charge in [-0.15, -0.1) is 0 Å². The number of imidazole rings is 1. The van der Waals surface area contributed by atoms with Crippen LogP contribution in [-0.4, -0.2) is 68.1 Å². The van der Waals surface area contributed by atoms with Gasteiger partial charge < -0.3 is 29.2 Å². The Morgan fingerprint density at radius 1 is 1.25 bits per heavy atom. The Morgan fingerprint density at radius 3 is 2.33 bits per heavy atom. The molecule has 1 aliphatic rings. The van der Waals surface area contributed by atoms with Gasteiger partial charge >= 0.3 is 11.9 Å². The first-order valence-corrected chi connectivity index (χ1v) is 7.57. The van der Waals surface area contributed by atoms with E-state index in [1.54, 1.807) is 30.6 Å². The van der Waals surface area contributed by atoms with Crippen molar-refractivity contribution in [1.82, 2.24) is 19.4 Å². The number of aromatic nitrogens is 2. The number of amides is 2. The Balaban J connectivity index is 1.84. The van der Waals surface area contributed by atoms with Gasteiger partial charge in [0.05, 0.1) is 0 Å². The predicted octanol–water partition coefficient (Wildman–Crippen LogP) is 0.871. The summed E-state index contributed by atoms with van der Waals surface area (Å²) < 4.78 is 6.68. The monoisotopic (exact) mass is 339 g/mol. The van der Waals surface area contributed by atoms with Crippen LogP contribution in [0.25, 0.3) is 0 Å². The van der Waals surface area contributed by atoms with E-state index in [0.717, 1.165) is 0 Å². The van der Waals surface area contributed by atoms with E-state index in [1.165, 1.54) is 17.1 Å². The minimum absolute atomic E-state index is 0.0206. The fourth-order valence-corrected chi connectivity index (χ4v) is 2.25. The topological polar surface area (TPSA) is 111 Å². The molecular formula is C14H21N5O5. The van der Waals surface area contributed by atoms with E-state index in [0.29, 0.717) is 26.2 Å². The maximum atomic E-state index is 12.2. The molecule has 1 saturated heterocycles. The van der Waals surface area contributed by atoms with E-state index in [4.69, 9.17) is 4.74 Å². The van der Waals surface area contributed by atoms with Crippen molar-refractivity contribution in [1.29, 1.82) is 0 Å². The SMILES string of the molecule is CC(C)(C)OC(=O)N1CCN(C(=O)Cn2cnc([N+](=O)[O-])c2)CC1. The van der Waals surface area contributed by atoms with Crippen LogP contribution in [0.4, 0.5) is 10.6 Å². The molecule has 0 aliphatic carbocycles. The Morgan fingerprint density at radius 2 is 1.83 bits per heavy atom. The summed E-state index contributed by atoms with van der Waals surface area (Å²) in [6.07, 6.45) is 2.08. The number of hydrogen-bond donors (Lipinski definition) is 0. The average Bonchev–Trinajstić information content (AvgIpc) is 2.94. The first-order chi connectivity index (χ1) is 11.2. The molecule has 1 fully saturated rings. The Bertz CT molecular complexity index is 628. The lowest BCUT2D eigenvalue weighted by atomic mass is 10.2. The van der Waals surface area contributed by atoms with Crippen molar-refractivity contribution in [3.63, 3.8) is 0 Å². The zero-order chi connectivity index (χ0) is 17.9. The van der Waals surface area contributed by atoms with Crippen molar-refractivity contribution in [2.45, 2.75) is 32.9 Å². The number of rotatable bonds is 3. The van der Waals surface area contributed by atoms with Crippen molar-refractivity contribution in [3.8, 4) is 0 Å². The molecule has 1 aromatic rings. The quantitative estimate of drug-likeness (QED) is 0.597. The van der Waals surface area contributed by atoms with E-state index in [-0.39, 0.29) is 24.4 Å². The Kier molecular flexibility index (Phi) is 5.05. The van der Waals surface area contributed by atoms with E-state index in [2.05, 4.69) is 4.98 Å². The van der Waals surface area contributed by atoms with E-state index in [9.17, 15) is 19.7 Å². The van der Waals surface area contributed by atoms with Crippen LogP contribution >= 0.6 is 0 Å². The highest BCUT2D eigenvalue weighted by molar-refractivity contribution is 5.76. The summed E-state index contributed by atoms with van der Waals surface area (Å²) in [5.74, 6) is -0.469. The van der Waals surface area contributed by atoms with Gasteiger partial charge in [0.2, 0.25) is 12.2 Å². The van der Waals surface area contributed by atoms with E-state index >= 15 is 0 Å². The Labute approximate surface area is 139 Å². The summed E-state index contributed by atoms with van der Waals surface area (Å²) >= 11 is 0. The molecule has 10 nitrogen and oxygen atoms in total. The summed E-state index contributed by atoms with van der Waals surface area (Å²) in [4.78, 5) is 41.0. The van der Waals surface area contributed by atoms with Gasteiger partial charge in [0.1, 0.15) is 18.3 Å². The fraction of sp³-hybridized carbons (Fsp3) is 0.643. The van der Waals surface area contributed by atoms with Gasteiger partial charge in [-0.1, -0.05) is 0 Å². The standard InChI is InChI=1S/C14H21N5O5/c1-14(2,3)24-13(21)18-6-4-17(5-7-18)12(20)9-16-8-11(15-10-16)19(22)23/h8,10H,4-7,9H2,1-3H3.